The maximum absolute atomic E-state index is 14.2. The van der Waals surface area contributed by atoms with Gasteiger partial charge in [-0.3, -0.25) is 9.59 Å². The molecule has 0 spiro atoms. The number of nitrogens with one attached hydrogen (secondary N) is 1. The maximum Gasteiger partial charge on any atom is 0.328 e. The molecule has 1 fully saturated rings. The van der Waals surface area contributed by atoms with Gasteiger partial charge in [-0.1, -0.05) is 79.9 Å². The van der Waals surface area contributed by atoms with E-state index >= 15 is 0 Å². The summed E-state index contributed by atoms with van der Waals surface area (Å²) in [6.07, 6.45) is 5.67. The second kappa shape index (κ2) is 14.2. The van der Waals surface area contributed by atoms with E-state index in [0.29, 0.717) is 36.8 Å². The first-order chi connectivity index (χ1) is 21.5. The molecule has 238 valence electrons. The van der Waals surface area contributed by atoms with Crippen molar-refractivity contribution in [2.45, 2.75) is 83.2 Å². The molecule has 5 rings (SSSR count). The van der Waals surface area contributed by atoms with Crippen LogP contribution in [0.4, 0.5) is 0 Å². The van der Waals surface area contributed by atoms with Crippen LogP contribution in [0.25, 0.3) is 0 Å². The first kappa shape index (κ1) is 32.7. The van der Waals surface area contributed by atoms with Gasteiger partial charge in [0.1, 0.15) is 23.6 Å². The van der Waals surface area contributed by atoms with Crippen LogP contribution in [-0.2, 0) is 37.4 Å². The van der Waals surface area contributed by atoms with E-state index in [9.17, 15) is 14.4 Å². The van der Waals surface area contributed by atoms with Crippen LogP contribution in [0.2, 0.25) is 0 Å². The number of ether oxygens (including phenoxy) is 2. The van der Waals surface area contributed by atoms with Crippen LogP contribution in [0, 0.1) is 5.92 Å². The molecule has 1 unspecified atom stereocenters. The lowest BCUT2D eigenvalue weighted by molar-refractivity contribution is -0.147. The highest BCUT2D eigenvalue weighted by atomic mass is 79.9. The van der Waals surface area contributed by atoms with Gasteiger partial charge in [0, 0.05) is 23.9 Å². The molecule has 0 aromatic heterocycles. The van der Waals surface area contributed by atoms with Crippen molar-refractivity contribution in [1.82, 2.24) is 10.2 Å². The monoisotopic (exact) mass is 674 g/mol. The normalized spacial score (nSPS) is 17.4. The third-order valence-electron chi connectivity index (χ3n) is 8.96. The predicted molar refractivity (Wildman–Crippen MR) is 178 cm³/mol. The van der Waals surface area contributed by atoms with E-state index in [2.05, 4.69) is 54.2 Å². The van der Waals surface area contributed by atoms with Crippen LogP contribution in [0.1, 0.15) is 81.2 Å². The van der Waals surface area contributed by atoms with Crippen LogP contribution < -0.4 is 10.1 Å². The number of hydrogen-bond donors (Lipinski definition) is 1. The number of hydrogen-bond acceptors (Lipinski definition) is 5. The van der Waals surface area contributed by atoms with Crippen LogP contribution in [0.3, 0.4) is 0 Å². The van der Waals surface area contributed by atoms with Crippen molar-refractivity contribution >= 4 is 33.7 Å². The van der Waals surface area contributed by atoms with E-state index in [1.807, 2.05) is 54.6 Å². The van der Waals surface area contributed by atoms with Crippen molar-refractivity contribution in [2.24, 2.45) is 5.92 Å². The van der Waals surface area contributed by atoms with E-state index in [1.54, 1.807) is 4.90 Å². The Balaban J connectivity index is 1.44. The third-order valence-corrected chi connectivity index (χ3v) is 9.49. The van der Waals surface area contributed by atoms with Gasteiger partial charge in [-0.05, 0) is 89.2 Å². The first-order valence-electron chi connectivity index (χ1n) is 15.8. The molecule has 8 heteroatoms. The van der Waals surface area contributed by atoms with E-state index in [-0.39, 0.29) is 17.7 Å². The standard InChI is InChI=1S/C37H43BrN2O5/c1-37(2,3)27-12-17-29(18-13-27)45-30-16-11-26-19-20-40(33(41)22-24-7-5-6-8-24)34(31(26)23-30)35(42)39-32(36(43)44-4)21-25-9-14-28(38)15-10-25/h9-18,23-24,32,34H,5-8,19-22H2,1-4H3,(H,39,42)/t32-,34?/m0/s1. The highest BCUT2D eigenvalue weighted by molar-refractivity contribution is 9.10. The lowest BCUT2D eigenvalue weighted by atomic mass is 9.87. The molecule has 1 aliphatic carbocycles. The average molecular weight is 676 g/mol. The summed E-state index contributed by atoms with van der Waals surface area (Å²) in [6, 6.07) is 19.6. The van der Waals surface area contributed by atoms with Gasteiger partial charge in [-0.2, -0.15) is 0 Å². The van der Waals surface area contributed by atoms with Crippen LogP contribution in [0.5, 0.6) is 11.5 Å². The van der Waals surface area contributed by atoms with Gasteiger partial charge < -0.3 is 19.7 Å². The van der Waals surface area contributed by atoms with Gasteiger partial charge in [0.25, 0.3) is 0 Å². The Hall–Kier alpha value is -3.65. The summed E-state index contributed by atoms with van der Waals surface area (Å²) >= 11 is 3.44. The first-order valence-corrected chi connectivity index (χ1v) is 16.6. The largest absolute Gasteiger partial charge is 0.467 e. The number of nitrogens with zero attached hydrogens (tertiary/aromatic N) is 1. The number of benzene rings is 3. The fourth-order valence-electron chi connectivity index (χ4n) is 6.39. The highest BCUT2D eigenvalue weighted by Crippen LogP contribution is 2.37. The lowest BCUT2D eigenvalue weighted by Gasteiger charge is -2.37. The summed E-state index contributed by atoms with van der Waals surface area (Å²) in [5, 5.41) is 2.95. The molecule has 3 aromatic carbocycles. The quantitative estimate of drug-likeness (QED) is 0.239. The Morgan fingerprint density at radius 1 is 0.956 bits per heavy atom. The maximum atomic E-state index is 14.2. The Morgan fingerprint density at radius 2 is 1.62 bits per heavy atom. The SMILES string of the molecule is COC(=O)[C@H](Cc1ccc(Br)cc1)NC(=O)C1c2cc(Oc3ccc(C(C)(C)C)cc3)ccc2CCN1C(=O)CC1CCCC1. The molecule has 2 amide bonds. The molecular formula is C37H43BrN2O5. The van der Waals surface area contributed by atoms with Gasteiger partial charge >= 0.3 is 5.97 Å². The van der Waals surface area contributed by atoms with Gasteiger partial charge in [0.2, 0.25) is 11.8 Å². The zero-order valence-electron chi connectivity index (χ0n) is 26.6. The van der Waals surface area contributed by atoms with E-state index < -0.39 is 24.0 Å². The second-order valence-corrected chi connectivity index (χ2v) is 14.2. The number of methoxy groups -OCH3 is 1. The fraction of sp³-hybridized carbons (Fsp3) is 0.432. The number of carbonyl (C=O) groups is 3. The summed E-state index contributed by atoms with van der Waals surface area (Å²) < 4.78 is 12.3. The molecule has 1 heterocycles. The third kappa shape index (κ3) is 8.15. The molecular weight excluding hydrogens is 632 g/mol. The Morgan fingerprint density at radius 3 is 2.27 bits per heavy atom. The summed E-state index contributed by atoms with van der Waals surface area (Å²) in [7, 11) is 1.31. The number of rotatable bonds is 9. The molecule has 7 nitrogen and oxygen atoms in total. The lowest BCUT2D eigenvalue weighted by Crippen LogP contribution is -2.51. The summed E-state index contributed by atoms with van der Waals surface area (Å²) in [4.78, 5) is 42.6. The van der Waals surface area contributed by atoms with Crippen LogP contribution in [-0.4, -0.2) is 42.4 Å². The predicted octanol–water partition coefficient (Wildman–Crippen LogP) is 7.45. The van der Waals surface area contributed by atoms with E-state index in [1.165, 1.54) is 12.7 Å². The Kier molecular flexibility index (Phi) is 10.3. The molecule has 0 bridgehead atoms. The van der Waals surface area contributed by atoms with E-state index in [0.717, 1.165) is 46.8 Å². The van der Waals surface area contributed by atoms with Crippen molar-refractivity contribution in [3.63, 3.8) is 0 Å². The number of esters is 1. The van der Waals surface area contributed by atoms with Crippen LogP contribution >= 0.6 is 15.9 Å². The minimum atomic E-state index is -0.915. The topological polar surface area (TPSA) is 84.9 Å². The molecule has 1 N–H and O–H groups in total. The minimum absolute atomic E-state index is 0.0266. The van der Waals surface area contributed by atoms with Crippen molar-refractivity contribution in [1.29, 1.82) is 0 Å². The zero-order valence-corrected chi connectivity index (χ0v) is 28.2. The minimum Gasteiger partial charge on any atom is -0.467 e. The van der Waals surface area contributed by atoms with Crippen molar-refractivity contribution in [2.75, 3.05) is 13.7 Å². The molecule has 0 radical (unpaired) electrons. The smallest absolute Gasteiger partial charge is 0.328 e. The molecule has 1 aliphatic heterocycles. The van der Waals surface area contributed by atoms with Gasteiger partial charge in [0.05, 0.1) is 7.11 Å². The number of halogens is 1. The van der Waals surface area contributed by atoms with Crippen molar-refractivity contribution in [3.8, 4) is 11.5 Å². The second-order valence-electron chi connectivity index (χ2n) is 13.2. The summed E-state index contributed by atoms with van der Waals surface area (Å²) in [5.41, 5.74) is 3.81. The Labute approximate surface area is 274 Å². The average Bonchev–Trinajstić information content (AvgIpc) is 3.53. The van der Waals surface area contributed by atoms with Crippen LogP contribution in [0.15, 0.2) is 71.2 Å². The molecule has 1 saturated carbocycles. The summed E-state index contributed by atoms with van der Waals surface area (Å²) in [6.45, 7) is 6.93. The van der Waals surface area contributed by atoms with Crippen molar-refractivity contribution < 1.29 is 23.9 Å². The molecule has 3 aromatic rings. The molecule has 0 saturated heterocycles. The summed E-state index contributed by atoms with van der Waals surface area (Å²) in [5.74, 6) is 0.637. The Bertz CT molecular complexity index is 1510. The van der Waals surface area contributed by atoms with E-state index in [4.69, 9.17) is 9.47 Å². The fourth-order valence-corrected chi connectivity index (χ4v) is 6.65. The molecule has 45 heavy (non-hydrogen) atoms. The van der Waals surface area contributed by atoms with Gasteiger partial charge in [-0.15, -0.1) is 0 Å². The highest BCUT2D eigenvalue weighted by Gasteiger charge is 2.39. The number of amides is 2. The zero-order chi connectivity index (χ0) is 32.1. The van der Waals surface area contributed by atoms with Gasteiger partial charge in [-0.25, -0.2) is 4.79 Å². The number of fused-ring (bicyclic) bond motifs is 1. The van der Waals surface area contributed by atoms with Crippen molar-refractivity contribution in [3.05, 3.63) is 93.5 Å². The molecule has 2 atom stereocenters. The molecule has 2 aliphatic rings. The number of carbonyl (C=O) groups excluding carboxylic acids is 3. The van der Waals surface area contributed by atoms with Gasteiger partial charge in [0.15, 0.2) is 0 Å².